The highest BCUT2D eigenvalue weighted by molar-refractivity contribution is 9.10. The number of aryl methyl sites for hydroxylation is 2. The van der Waals surface area contributed by atoms with Gasteiger partial charge in [-0.3, -0.25) is 4.68 Å². The van der Waals surface area contributed by atoms with Gasteiger partial charge in [-0.25, -0.2) is 0 Å². The van der Waals surface area contributed by atoms with Crippen LogP contribution < -0.4 is 5.73 Å². The Bertz CT molecular complexity index is 427. The van der Waals surface area contributed by atoms with Gasteiger partial charge < -0.3 is 5.73 Å². The third-order valence-corrected chi connectivity index (χ3v) is 5.02. The fourth-order valence-electron chi connectivity index (χ4n) is 3.11. The van der Waals surface area contributed by atoms with Gasteiger partial charge in [-0.05, 0) is 54.5 Å². The molecule has 1 fully saturated rings. The molecule has 1 aliphatic rings. The maximum Gasteiger partial charge on any atom is 0.0766 e. The number of nitrogens with zero attached hydrogens (tertiary/aromatic N) is 2. The summed E-state index contributed by atoms with van der Waals surface area (Å²) in [7, 11) is 0. The Morgan fingerprint density at radius 2 is 2.22 bits per heavy atom. The molecule has 0 aliphatic heterocycles. The molecule has 0 spiro atoms. The van der Waals surface area contributed by atoms with Crippen LogP contribution in [-0.4, -0.2) is 15.3 Å². The number of aromatic nitrogens is 2. The summed E-state index contributed by atoms with van der Waals surface area (Å²) in [6, 6.07) is 0. The van der Waals surface area contributed by atoms with E-state index in [1.54, 1.807) is 0 Å². The second-order valence-electron chi connectivity index (χ2n) is 5.76. The molecule has 102 valence electrons. The summed E-state index contributed by atoms with van der Waals surface area (Å²) < 4.78 is 3.29. The lowest BCUT2D eigenvalue weighted by Crippen LogP contribution is -2.40. The highest BCUT2D eigenvalue weighted by atomic mass is 79.9. The first-order valence-corrected chi connectivity index (χ1v) is 7.81. The van der Waals surface area contributed by atoms with Crippen molar-refractivity contribution >= 4 is 15.9 Å². The van der Waals surface area contributed by atoms with E-state index in [1.165, 1.54) is 16.6 Å². The van der Waals surface area contributed by atoms with Crippen molar-refractivity contribution in [2.24, 2.45) is 11.7 Å². The zero-order valence-electron chi connectivity index (χ0n) is 11.7. The lowest BCUT2D eigenvalue weighted by atomic mass is 9.91. The molecular weight excluding hydrogens is 290 g/mol. The molecule has 2 rings (SSSR count). The maximum absolute atomic E-state index is 6.56. The Morgan fingerprint density at radius 3 is 2.72 bits per heavy atom. The first-order chi connectivity index (χ1) is 8.49. The third-order valence-electron chi connectivity index (χ3n) is 4.10. The molecule has 3 nitrogen and oxygen atoms in total. The molecule has 4 heteroatoms. The molecule has 1 aromatic heterocycles. The van der Waals surface area contributed by atoms with Crippen molar-refractivity contribution in [3.8, 4) is 0 Å². The van der Waals surface area contributed by atoms with Gasteiger partial charge in [-0.15, -0.1) is 0 Å². The second kappa shape index (κ2) is 5.33. The van der Waals surface area contributed by atoms with Gasteiger partial charge in [-0.2, -0.15) is 5.10 Å². The van der Waals surface area contributed by atoms with Crippen LogP contribution in [0.1, 0.15) is 51.4 Å². The van der Waals surface area contributed by atoms with Gasteiger partial charge in [-0.1, -0.05) is 13.8 Å². The van der Waals surface area contributed by atoms with E-state index in [0.29, 0.717) is 0 Å². The Balaban J connectivity index is 2.25. The average Bonchev–Trinajstić information content (AvgIpc) is 2.82. The number of nitrogens with two attached hydrogens (primary N) is 1. The van der Waals surface area contributed by atoms with Crippen molar-refractivity contribution in [1.82, 2.24) is 9.78 Å². The van der Waals surface area contributed by atoms with Gasteiger partial charge in [0.05, 0.1) is 15.9 Å². The van der Waals surface area contributed by atoms with Crippen molar-refractivity contribution in [2.45, 2.75) is 65.0 Å². The molecule has 1 saturated carbocycles. The Hall–Kier alpha value is -0.350. The molecule has 0 saturated heterocycles. The fourth-order valence-corrected chi connectivity index (χ4v) is 3.82. The van der Waals surface area contributed by atoms with Crippen molar-refractivity contribution in [2.75, 3.05) is 0 Å². The Kier molecular flexibility index (Phi) is 4.17. The van der Waals surface area contributed by atoms with Crippen molar-refractivity contribution in [3.63, 3.8) is 0 Å². The smallest absolute Gasteiger partial charge is 0.0766 e. The van der Waals surface area contributed by atoms with E-state index in [4.69, 9.17) is 5.73 Å². The van der Waals surface area contributed by atoms with Crippen LogP contribution in [0.5, 0.6) is 0 Å². The Labute approximate surface area is 118 Å². The monoisotopic (exact) mass is 313 g/mol. The zero-order chi connectivity index (χ0) is 13.3. The van der Waals surface area contributed by atoms with Crippen LogP contribution in [0.4, 0.5) is 0 Å². The van der Waals surface area contributed by atoms with Crippen LogP contribution in [0, 0.1) is 5.92 Å². The minimum atomic E-state index is -0.0279. The lowest BCUT2D eigenvalue weighted by Gasteiger charge is -2.24. The molecule has 0 bridgehead atoms. The predicted octanol–water partition coefficient (Wildman–Crippen LogP) is 3.29. The zero-order valence-corrected chi connectivity index (χ0v) is 13.3. The molecule has 2 unspecified atom stereocenters. The number of rotatable bonds is 4. The summed E-state index contributed by atoms with van der Waals surface area (Å²) in [5.74, 6) is 0.761. The fraction of sp³-hybridized carbons (Fsp3) is 0.786. The molecule has 2 atom stereocenters. The summed E-state index contributed by atoms with van der Waals surface area (Å²) in [6.45, 7) is 7.51. The molecule has 0 amide bonds. The summed E-state index contributed by atoms with van der Waals surface area (Å²) >= 11 is 3.71. The number of halogens is 1. The number of hydrogen-bond donors (Lipinski definition) is 1. The largest absolute Gasteiger partial charge is 0.325 e. The van der Waals surface area contributed by atoms with Gasteiger partial charge in [0.15, 0.2) is 0 Å². The first kappa shape index (κ1) is 14.1. The molecular formula is C14H24BrN3. The quantitative estimate of drug-likeness (QED) is 0.927. The molecule has 1 heterocycles. The average molecular weight is 314 g/mol. The second-order valence-corrected chi connectivity index (χ2v) is 6.56. The maximum atomic E-state index is 6.56. The highest BCUT2D eigenvalue weighted by Gasteiger charge is 2.35. The van der Waals surface area contributed by atoms with Crippen molar-refractivity contribution in [1.29, 1.82) is 0 Å². The minimum absolute atomic E-state index is 0.0279. The van der Waals surface area contributed by atoms with Gasteiger partial charge in [0.1, 0.15) is 0 Å². The van der Waals surface area contributed by atoms with E-state index in [1.807, 2.05) is 0 Å². The Morgan fingerprint density at radius 1 is 1.50 bits per heavy atom. The molecule has 1 aliphatic carbocycles. The molecule has 0 radical (unpaired) electrons. The van der Waals surface area contributed by atoms with Crippen LogP contribution in [-0.2, 0) is 19.4 Å². The molecule has 1 aromatic rings. The van der Waals surface area contributed by atoms with E-state index < -0.39 is 0 Å². The van der Waals surface area contributed by atoms with Crippen LogP contribution in [0.25, 0.3) is 0 Å². The molecule has 2 N–H and O–H groups in total. The standard InChI is InChI=1S/C14H24BrN3/c1-4-11-13(15)12(18(5-2)17-11)9-14(16)7-6-10(3)8-14/h10H,4-9,16H2,1-3H3. The van der Waals surface area contributed by atoms with Crippen LogP contribution in [0.2, 0.25) is 0 Å². The van der Waals surface area contributed by atoms with Crippen LogP contribution >= 0.6 is 15.9 Å². The van der Waals surface area contributed by atoms with E-state index >= 15 is 0 Å². The summed E-state index contributed by atoms with van der Waals surface area (Å²) in [5, 5.41) is 4.65. The predicted molar refractivity (Wildman–Crippen MR) is 78.6 cm³/mol. The lowest BCUT2D eigenvalue weighted by molar-refractivity contribution is 0.403. The summed E-state index contributed by atoms with van der Waals surface area (Å²) in [5.41, 5.74) is 8.97. The number of hydrogen-bond acceptors (Lipinski definition) is 2. The summed E-state index contributed by atoms with van der Waals surface area (Å²) in [6.07, 6.45) is 5.44. The van der Waals surface area contributed by atoms with Crippen molar-refractivity contribution in [3.05, 3.63) is 15.9 Å². The topological polar surface area (TPSA) is 43.8 Å². The van der Waals surface area contributed by atoms with Crippen LogP contribution in [0.15, 0.2) is 4.47 Å². The van der Waals surface area contributed by atoms with Gasteiger partial charge >= 0.3 is 0 Å². The van der Waals surface area contributed by atoms with E-state index in [9.17, 15) is 0 Å². The molecule has 18 heavy (non-hydrogen) atoms. The van der Waals surface area contributed by atoms with Crippen LogP contribution in [0.3, 0.4) is 0 Å². The SMILES string of the molecule is CCc1nn(CC)c(CC2(N)CCC(C)C2)c1Br. The third kappa shape index (κ3) is 2.64. The normalized spacial score (nSPS) is 27.9. The van der Waals surface area contributed by atoms with Gasteiger partial charge in [0, 0.05) is 18.5 Å². The van der Waals surface area contributed by atoms with Gasteiger partial charge in [0.2, 0.25) is 0 Å². The van der Waals surface area contributed by atoms with E-state index in [2.05, 4.69) is 46.5 Å². The van der Waals surface area contributed by atoms with E-state index in [0.717, 1.165) is 43.8 Å². The van der Waals surface area contributed by atoms with Gasteiger partial charge in [0.25, 0.3) is 0 Å². The van der Waals surface area contributed by atoms with E-state index in [-0.39, 0.29) is 5.54 Å². The summed E-state index contributed by atoms with van der Waals surface area (Å²) in [4.78, 5) is 0. The highest BCUT2D eigenvalue weighted by Crippen LogP contribution is 2.36. The molecule has 0 aromatic carbocycles. The van der Waals surface area contributed by atoms with Crippen molar-refractivity contribution < 1.29 is 0 Å². The minimum Gasteiger partial charge on any atom is -0.325 e. The first-order valence-electron chi connectivity index (χ1n) is 7.02.